The summed E-state index contributed by atoms with van der Waals surface area (Å²) >= 11 is 0. The van der Waals surface area contributed by atoms with Crippen molar-refractivity contribution in [2.24, 2.45) is 0 Å². The molecule has 6 nitrogen and oxygen atoms in total. The maximum atomic E-state index is 12.7. The van der Waals surface area contributed by atoms with Gasteiger partial charge in [0.2, 0.25) is 5.91 Å². The molecule has 1 aliphatic heterocycles. The van der Waals surface area contributed by atoms with Crippen LogP contribution in [0.5, 0.6) is 0 Å². The number of rotatable bonds is 4. The Kier molecular flexibility index (Phi) is 4.16. The fourth-order valence-corrected chi connectivity index (χ4v) is 3.26. The zero-order chi connectivity index (χ0) is 18.1. The van der Waals surface area contributed by atoms with Crippen LogP contribution in [0, 0.1) is 0 Å². The summed E-state index contributed by atoms with van der Waals surface area (Å²) in [6.45, 7) is 2.25. The van der Waals surface area contributed by atoms with Crippen molar-refractivity contribution in [1.82, 2.24) is 4.98 Å². The molecule has 1 fully saturated rings. The summed E-state index contributed by atoms with van der Waals surface area (Å²) in [7, 11) is 0. The van der Waals surface area contributed by atoms with Crippen LogP contribution in [0.3, 0.4) is 0 Å². The highest BCUT2D eigenvalue weighted by Gasteiger charge is 2.33. The number of carbonyl (C=O) groups is 2. The number of ketones is 1. The van der Waals surface area contributed by atoms with E-state index in [1.807, 2.05) is 29.2 Å². The van der Waals surface area contributed by atoms with E-state index >= 15 is 0 Å². The first-order chi connectivity index (χ1) is 12.6. The van der Waals surface area contributed by atoms with Gasteiger partial charge >= 0.3 is 0 Å². The Bertz CT molecular complexity index is 929. The van der Waals surface area contributed by atoms with Crippen LogP contribution in [0.4, 0.5) is 11.7 Å². The Labute approximate surface area is 150 Å². The van der Waals surface area contributed by atoms with E-state index in [9.17, 15) is 9.59 Å². The van der Waals surface area contributed by atoms with Crippen molar-refractivity contribution in [3.63, 3.8) is 0 Å². The molecule has 1 saturated heterocycles. The smallest absolute Gasteiger partial charge is 0.299 e. The number of hydrogen-bond acceptors (Lipinski definition) is 5. The Hall–Kier alpha value is -3.15. The first kappa shape index (κ1) is 16.3. The van der Waals surface area contributed by atoms with Gasteiger partial charge in [-0.15, -0.1) is 0 Å². The van der Waals surface area contributed by atoms with E-state index in [4.69, 9.17) is 4.42 Å². The first-order valence-electron chi connectivity index (χ1n) is 8.66. The number of amides is 1. The van der Waals surface area contributed by atoms with Crippen LogP contribution < -0.4 is 10.2 Å². The molecule has 0 aliphatic carbocycles. The van der Waals surface area contributed by atoms with Gasteiger partial charge in [0, 0.05) is 17.8 Å². The highest BCUT2D eigenvalue weighted by molar-refractivity contribution is 5.98. The molecule has 1 atom stereocenters. The van der Waals surface area contributed by atoms with E-state index in [0.29, 0.717) is 22.8 Å². The number of hydrogen-bond donors (Lipinski definition) is 1. The summed E-state index contributed by atoms with van der Waals surface area (Å²) in [5, 5.41) is 2.92. The van der Waals surface area contributed by atoms with Crippen LogP contribution in [0.2, 0.25) is 0 Å². The maximum Gasteiger partial charge on any atom is 0.299 e. The fraction of sp³-hybridized carbons (Fsp3) is 0.250. The molecule has 2 aromatic carbocycles. The zero-order valence-corrected chi connectivity index (χ0v) is 14.4. The lowest BCUT2D eigenvalue weighted by Gasteiger charge is -2.22. The SMILES string of the molecule is CC(=O)c1ccc(NC(=O)C2CCCN2c2nc3ccccc3o2)cc1. The van der Waals surface area contributed by atoms with Crippen molar-refractivity contribution in [3.05, 3.63) is 54.1 Å². The Morgan fingerprint density at radius 1 is 1.15 bits per heavy atom. The van der Waals surface area contributed by atoms with Gasteiger partial charge in [-0.1, -0.05) is 12.1 Å². The van der Waals surface area contributed by atoms with E-state index in [-0.39, 0.29) is 17.7 Å². The Morgan fingerprint density at radius 3 is 2.65 bits per heavy atom. The lowest BCUT2D eigenvalue weighted by atomic mass is 10.1. The van der Waals surface area contributed by atoms with Crippen LogP contribution in [0.15, 0.2) is 52.9 Å². The van der Waals surface area contributed by atoms with Gasteiger partial charge in [-0.3, -0.25) is 9.59 Å². The van der Waals surface area contributed by atoms with Gasteiger partial charge in [0.1, 0.15) is 11.6 Å². The van der Waals surface area contributed by atoms with Crippen LogP contribution in [-0.2, 0) is 4.79 Å². The quantitative estimate of drug-likeness (QED) is 0.728. The van der Waals surface area contributed by atoms with Gasteiger partial charge in [-0.25, -0.2) is 0 Å². The van der Waals surface area contributed by atoms with E-state index in [1.165, 1.54) is 6.92 Å². The molecular formula is C20H19N3O3. The molecule has 1 aromatic heterocycles. The van der Waals surface area contributed by atoms with Crippen LogP contribution in [0.25, 0.3) is 11.1 Å². The molecule has 3 aromatic rings. The highest BCUT2D eigenvalue weighted by atomic mass is 16.4. The van der Waals surface area contributed by atoms with Crippen molar-refractivity contribution in [2.75, 3.05) is 16.8 Å². The third-order valence-corrected chi connectivity index (χ3v) is 4.64. The van der Waals surface area contributed by atoms with Crippen LogP contribution in [-0.4, -0.2) is 29.3 Å². The van der Waals surface area contributed by atoms with E-state index < -0.39 is 0 Å². The second kappa shape index (κ2) is 6.63. The van der Waals surface area contributed by atoms with Gasteiger partial charge in [-0.05, 0) is 56.2 Å². The molecule has 1 unspecified atom stereocenters. The molecule has 6 heteroatoms. The van der Waals surface area contributed by atoms with Crippen LogP contribution >= 0.6 is 0 Å². The molecule has 0 saturated carbocycles. The standard InChI is InChI=1S/C20H19N3O3/c1-13(24)14-8-10-15(11-9-14)21-19(25)17-6-4-12-23(17)20-22-16-5-2-3-7-18(16)26-20/h2-3,5,7-11,17H,4,6,12H2,1H3,(H,21,25). The number of nitrogens with one attached hydrogen (secondary N) is 1. The van der Waals surface area contributed by atoms with Gasteiger partial charge in [0.15, 0.2) is 11.4 Å². The number of anilines is 2. The number of Topliss-reactive ketones (excluding diaryl/α,β-unsaturated/α-hetero) is 1. The van der Waals surface area contributed by atoms with E-state index in [2.05, 4.69) is 10.3 Å². The van der Waals surface area contributed by atoms with Gasteiger partial charge in [-0.2, -0.15) is 4.98 Å². The van der Waals surface area contributed by atoms with Crippen molar-refractivity contribution in [2.45, 2.75) is 25.8 Å². The number of nitrogens with zero attached hydrogens (tertiary/aromatic N) is 2. The maximum absolute atomic E-state index is 12.7. The Morgan fingerprint density at radius 2 is 1.92 bits per heavy atom. The second-order valence-electron chi connectivity index (χ2n) is 6.44. The van der Waals surface area contributed by atoms with Crippen molar-refractivity contribution in [3.8, 4) is 0 Å². The predicted octanol–water partition coefficient (Wildman–Crippen LogP) is 3.64. The minimum atomic E-state index is -0.324. The molecule has 0 bridgehead atoms. The minimum absolute atomic E-state index is 0.000745. The number of carbonyl (C=O) groups excluding carboxylic acids is 2. The number of oxazole rings is 1. The second-order valence-corrected chi connectivity index (χ2v) is 6.44. The largest absolute Gasteiger partial charge is 0.423 e. The number of para-hydroxylation sites is 2. The summed E-state index contributed by atoms with van der Waals surface area (Å²) in [5.74, 6) is -0.0962. The van der Waals surface area contributed by atoms with Crippen LogP contribution in [0.1, 0.15) is 30.1 Å². The van der Waals surface area contributed by atoms with Gasteiger partial charge in [0.05, 0.1) is 0 Å². The van der Waals surface area contributed by atoms with Crippen molar-refractivity contribution in [1.29, 1.82) is 0 Å². The minimum Gasteiger partial charge on any atom is -0.423 e. The average molecular weight is 349 g/mol. The molecule has 1 N–H and O–H groups in total. The number of aromatic nitrogens is 1. The lowest BCUT2D eigenvalue weighted by molar-refractivity contribution is -0.117. The third-order valence-electron chi connectivity index (χ3n) is 4.64. The van der Waals surface area contributed by atoms with Gasteiger partial charge in [0.25, 0.3) is 6.01 Å². The topological polar surface area (TPSA) is 75.4 Å². The summed E-state index contributed by atoms with van der Waals surface area (Å²) < 4.78 is 5.82. The molecule has 0 radical (unpaired) electrons. The molecule has 0 spiro atoms. The zero-order valence-electron chi connectivity index (χ0n) is 14.4. The molecule has 1 aliphatic rings. The fourth-order valence-electron chi connectivity index (χ4n) is 3.26. The summed E-state index contributed by atoms with van der Waals surface area (Å²) in [6.07, 6.45) is 1.65. The predicted molar refractivity (Wildman–Crippen MR) is 99.5 cm³/mol. The third kappa shape index (κ3) is 3.06. The average Bonchev–Trinajstić information content (AvgIpc) is 3.28. The number of fused-ring (bicyclic) bond motifs is 1. The molecule has 26 heavy (non-hydrogen) atoms. The monoisotopic (exact) mass is 349 g/mol. The molecule has 1 amide bonds. The lowest BCUT2D eigenvalue weighted by Crippen LogP contribution is -2.39. The molecule has 2 heterocycles. The molecule has 132 valence electrons. The summed E-state index contributed by atoms with van der Waals surface area (Å²) in [6, 6.07) is 14.6. The van der Waals surface area contributed by atoms with E-state index in [0.717, 1.165) is 24.9 Å². The van der Waals surface area contributed by atoms with Gasteiger partial charge < -0.3 is 14.6 Å². The molecule has 4 rings (SSSR count). The van der Waals surface area contributed by atoms with Crippen molar-refractivity contribution < 1.29 is 14.0 Å². The highest BCUT2D eigenvalue weighted by Crippen LogP contribution is 2.29. The molecular weight excluding hydrogens is 330 g/mol. The number of benzene rings is 2. The summed E-state index contributed by atoms with van der Waals surface area (Å²) in [5.41, 5.74) is 2.79. The normalized spacial score (nSPS) is 16.8. The Balaban J connectivity index is 1.52. The first-order valence-corrected chi connectivity index (χ1v) is 8.66. The van der Waals surface area contributed by atoms with E-state index in [1.54, 1.807) is 24.3 Å². The summed E-state index contributed by atoms with van der Waals surface area (Å²) in [4.78, 5) is 30.5. The van der Waals surface area contributed by atoms with Crippen molar-refractivity contribution >= 4 is 34.5 Å².